The number of carbonyl (C=O) groups excluding carboxylic acids is 1. The van der Waals surface area contributed by atoms with Crippen LogP contribution >= 0.6 is 11.6 Å². The Kier molecular flexibility index (Phi) is 7.95. The van der Waals surface area contributed by atoms with Crippen molar-refractivity contribution >= 4 is 34.7 Å². The van der Waals surface area contributed by atoms with Crippen LogP contribution in [-0.4, -0.2) is 35.9 Å². The number of primary amides is 1. The van der Waals surface area contributed by atoms with Gasteiger partial charge in [0, 0.05) is 23.5 Å². The molecule has 9 nitrogen and oxygen atoms in total. The standard InChI is InChI=1S/C28H31ClN6O3/c1-17(18-9-12-31-13-10-18)38-21-6-7-22-24(15-21)34-28(26(30)36)35-27(22)33-19-5-8-25(23(29)14-19)37-16-20-4-2-3-11-32-20/h2-8,11,14-15,17-18,27,31,33H,9-10,12-13,16H2,1H3,(H2,30,36)(H,34,35). The Balaban J connectivity index is 1.31. The van der Waals surface area contributed by atoms with Crippen molar-refractivity contribution in [3.63, 3.8) is 0 Å². The number of anilines is 2. The van der Waals surface area contributed by atoms with Crippen LogP contribution in [0.15, 0.2) is 65.8 Å². The lowest BCUT2D eigenvalue weighted by Gasteiger charge is -2.30. The molecule has 3 aromatic rings. The summed E-state index contributed by atoms with van der Waals surface area (Å²) in [7, 11) is 0. The second kappa shape index (κ2) is 11.7. The Labute approximate surface area is 226 Å². The van der Waals surface area contributed by atoms with Crippen molar-refractivity contribution in [1.29, 1.82) is 0 Å². The van der Waals surface area contributed by atoms with Crippen molar-refractivity contribution in [1.82, 2.24) is 10.3 Å². The maximum Gasteiger partial charge on any atom is 0.284 e. The minimum atomic E-state index is -0.645. The molecule has 0 aliphatic carbocycles. The number of rotatable bonds is 9. The number of nitrogens with one attached hydrogen (secondary N) is 3. The summed E-state index contributed by atoms with van der Waals surface area (Å²) in [6, 6.07) is 16.8. The first-order valence-corrected chi connectivity index (χ1v) is 13.1. The predicted octanol–water partition coefficient (Wildman–Crippen LogP) is 4.50. The maximum absolute atomic E-state index is 12.0. The molecule has 5 N–H and O–H groups in total. The third-order valence-electron chi connectivity index (χ3n) is 6.77. The van der Waals surface area contributed by atoms with Gasteiger partial charge in [-0.3, -0.25) is 9.78 Å². The number of amides is 1. The highest BCUT2D eigenvalue weighted by Gasteiger charge is 2.26. The van der Waals surface area contributed by atoms with Crippen molar-refractivity contribution in [2.45, 2.75) is 38.6 Å². The first kappa shape index (κ1) is 25.8. The van der Waals surface area contributed by atoms with Crippen molar-refractivity contribution in [2.24, 2.45) is 16.6 Å². The van der Waals surface area contributed by atoms with E-state index in [2.05, 4.69) is 32.9 Å². The van der Waals surface area contributed by atoms with Gasteiger partial charge in [0.2, 0.25) is 0 Å². The highest BCUT2D eigenvalue weighted by Crippen LogP contribution is 2.36. The zero-order chi connectivity index (χ0) is 26.5. The summed E-state index contributed by atoms with van der Waals surface area (Å²) in [5, 5.41) is 10.2. The first-order valence-electron chi connectivity index (χ1n) is 12.7. The van der Waals surface area contributed by atoms with Gasteiger partial charge in [-0.15, -0.1) is 0 Å². The largest absolute Gasteiger partial charge is 0.490 e. The number of halogens is 1. The van der Waals surface area contributed by atoms with E-state index in [-0.39, 0.29) is 11.9 Å². The van der Waals surface area contributed by atoms with E-state index in [0.29, 0.717) is 34.7 Å². The third kappa shape index (κ3) is 6.17. The van der Waals surface area contributed by atoms with Crippen molar-refractivity contribution < 1.29 is 14.3 Å². The fraction of sp³-hybridized carbons (Fsp3) is 0.321. The molecule has 2 atom stereocenters. The summed E-state index contributed by atoms with van der Waals surface area (Å²) in [5.41, 5.74) is 8.66. The lowest BCUT2D eigenvalue weighted by molar-refractivity contribution is -0.112. The van der Waals surface area contributed by atoms with Crippen molar-refractivity contribution in [3.05, 3.63) is 77.1 Å². The molecule has 1 saturated heterocycles. The van der Waals surface area contributed by atoms with E-state index in [1.807, 2.05) is 42.5 Å². The van der Waals surface area contributed by atoms with Crippen molar-refractivity contribution in [3.8, 4) is 11.5 Å². The monoisotopic (exact) mass is 534 g/mol. The highest BCUT2D eigenvalue weighted by molar-refractivity contribution is 6.42. The molecule has 38 heavy (non-hydrogen) atoms. The van der Waals surface area contributed by atoms with Crippen LogP contribution in [0.25, 0.3) is 0 Å². The van der Waals surface area contributed by atoms with Gasteiger partial charge in [0.25, 0.3) is 5.91 Å². The minimum absolute atomic E-state index is 0.0694. The number of ether oxygens (including phenoxy) is 2. The van der Waals surface area contributed by atoms with Crippen LogP contribution in [0.3, 0.4) is 0 Å². The van der Waals surface area contributed by atoms with Gasteiger partial charge in [-0.05, 0) is 81.2 Å². The average molecular weight is 535 g/mol. The molecule has 0 bridgehead atoms. The minimum Gasteiger partial charge on any atom is -0.490 e. The van der Waals surface area contributed by atoms with Gasteiger partial charge >= 0.3 is 0 Å². The third-order valence-corrected chi connectivity index (χ3v) is 7.07. The van der Waals surface area contributed by atoms with Gasteiger partial charge in [-0.2, -0.15) is 0 Å². The summed E-state index contributed by atoms with van der Waals surface area (Å²) in [5.74, 6) is 1.19. The molecule has 3 heterocycles. The van der Waals surface area contributed by atoms with Gasteiger partial charge in [0.1, 0.15) is 24.3 Å². The van der Waals surface area contributed by atoms with E-state index in [9.17, 15) is 4.79 Å². The summed E-state index contributed by atoms with van der Waals surface area (Å²) >= 11 is 6.50. The Morgan fingerprint density at radius 2 is 2.03 bits per heavy atom. The van der Waals surface area contributed by atoms with E-state index in [0.717, 1.165) is 42.9 Å². The lowest BCUT2D eigenvalue weighted by Crippen LogP contribution is -2.35. The van der Waals surface area contributed by atoms with Crippen LogP contribution in [0.1, 0.15) is 37.2 Å². The Morgan fingerprint density at radius 1 is 1.18 bits per heavy atom. The van der Waals surface area contributed by atoms with E-state index in [1.54, 1.807) is 18.3 Å². The SMILES string of the molecule is CC(Oc1ccc2c(c1)NC(C(N)=O)=NC2Nc1ccc(OCc2ccccn2)c(Cl)c1)C1CCNCC1. The van der Waals surface area contributed by atoms with Crippen LogP contribution in [0.4, 0.5) is 11.4 Å². The molecule has 0 saturated carbocycles. The van der Waals surface area contributed by atoms with E-state index in [4.69, 9.17) is 26.8 Å². The summed E-state index contributed by atoms with van der Waals surface area (Å²) in [4.78, 5) is 20.8. The molecule has 1 amide bonds. The van der Waals surface area contributed by atoms with Crippen LogP contribution < -0.4 is 31.2 Å². The van der Waals surface area contributed by atoms with E-state index < -0.39 is 12.1 Å². The number of hydrogen-bond donors (Lipinski definition) is 4. The van der Waals surface area contributed by atoms with Crippen LogP contribution in [0.5, 0.6) is 11.5 Å². The molecule has 1 aromatic heterocycles. The van der Waals surface area contributed by atoms with Crippen LogP contribution in [0.2, 0.25) is 5.02 Å². The van der Waals surface area contributed by atoms with Gasteiger partial charge in [0.05, 0.1) is 22.5 Å². The highest BCUT2D eigenvalue weighted by atomic mass is 35.5. The van der Waals surface area contributed by atoms with Crippen LogP contribution in [-0.2, 0) is 11.4 Å². The summed E-state index contributed by atoms with van der Waals surface area (Å²) in [6.07, 6.45) is 3.42. The number of nitrogens with zero attached hydrogens (tertiary/aromatic N) is 2. The number of hydrogen-bond acceptors (Lipinski definition) is 8. The zero-order valence-corrected chi connectivity index (χ0v) is 21.9. The summed E-state index contributed by atoms with van der Waals surface area (Å²) in [6.45, 7) is 4.44. The summed E-state index contributed by atoms with van der Waals surface area (Å²) < 4.78 is 12.1. The number of carbonyl (C=O) groups is 1. The molecule has 2 aromatic carbocycles. The van der Waals surface area contributed by atoms with Gasteiger partial charge < -0.3 is 31.2 Å². The quantitative estimate of drug-likeness (QED) is 0.319. The topological polar surface area (TPSA) is 123 Å². The first-order chi connectivity index (χ1) is 18.5. The number of aliphatic imine (C=N–C) groups is 1. The predicted molar refractivity (Wildman–Crippen MR) is 149 cm³/mol. The second-order valence-electron chi connectivity index (χ2n) is 9.43. The van der Waals surface area contributed by atoms with Crippen LogP contribution in [0, 0.1) is 5.92 Å². The Bertz CT molecular complexity index is 1310. The number of benzene rings is 2. The number of amidine groups is 1. The molecule has 1 fully saturated rings. The number of aromatic nitrogens is 1. The molecule has 2 aliphatic heterocycles. The molecule has 2 unspecified atom stereocenters. The fourth-order valence-corrected chi connectivity index (χ4v) is 4.91. The number of fused-ring (bicyclic) bond motifs is 1. The Hall–Kier alpha value is -3.82. The molecule has 5 rings (SSSR count). The average Bonchev–Trinajstić information content (AvgIpc) is 2.93. The smallest absolute Gasteiger partial charge is 0.284 e. The normalized spacial score (nSPS) is 17.9. The zero-order valence-electron chi connectivity index (χ0n) is 21.1. The molecular weight excluding hydrogens is 504 g/mol. The van der Waals surface area contributed by atoms with Gasteiger partial charge in [-0.1, -0.05) is 17.7 Å². The maximum atomic E-state index is 12.0. The molecular formula is C28H31ClN6O3. The van der Waals surface area contributed by atoms with E-state index in [1.165, 1.54) is 0 Å². The number of pyridine rings is 1. The molecule has 2 aliphatic rings. The van der Waals surface area contributed by atoms with Gasteiger partial charge in [0.15, 0.2) is 5.84 Å². The molecule has 0 spiro atoms. The van der Waals surface area contributed by atoms with Crippen molar-refractivity contribution in [2.75, 3.05) is 23.7 Å². The lowest BCUT2D eigenvalue weighted by atomic mass is 9.93. The fourth-order valence-electron chi connectivity index (χ4n) is 4.67. The Morgan fingerprint density at radius 3 is 2.76 bits per heavy atom. The molecule has 10 heteroatoms. The van der Waals surface area contributed by atoms with Gasteiger partial charge in [-0.25, -0.2) is 4.99 Å². The second-order valence-corrected chi connectivity index (χ2v) is 9.84. The number of nitrogens with two attached hydrogens (primary N) is 1. The molecule has 0 radical (unpaired) electrons. The number of piperidine rings is 1. The van der Waals surface area contributed by atoms with E-state index >= 15 is 0 Å². The molecule has 198 valence electrons.